The lowest BCUT2D eigenvalue weighted by Crippen LogP contribution is -2.22. The topological polar surface area (TPSA) is 108 Å². The standard InChI is InChI=1S/C18H16N4O3/c1-11-20-16(22-21-11)15-4-2-3-12(9-15)10-19-17(23)13-5-7-14(8-6-13)18(24)25/h2-9H,10H2,1H3,(H,19,23)(H,24,25)(H,20,21,22). The Balaban J connectivity index is 1.67. The summed E-state index contributed by atoms with van der Waals surface area (Å²) in [6.45, 7) is 2.17. The van der Waals surface area contributed by atoms with Crippen molar-refractivity contribution in [3.63, 3.8) is 0 Å². The van der Waals surface area contributed by atoms with Crippen molar-refractivity contribution >= 4 is 11.9 Å². The predicted octanol–water partition coefficient (Wildman–Crippen LogP) is 2.41. The van der Waals surface area contributed by atoms with Crippen LogP contribution in [0.25, 0.3) is 11.4 Å². The minimum atomic E-state index is -1.02. The van der Waals surface area contributed by atoms with Gasteiger partial charge in [0.15, 0.2) is 5.82 Å². The fraction of sp³-hybridized carbons (Fsp3) is 0.111. The molecule has 0 bridgehead atoms. The van der Waals surface area contributed by atoms with Gasteiger partial charge in [0.2, 0.25) is 0 Å². The number of rotatable bonds is 5. The van der Waals surface area contributed by atoms with Crippen LogP contribution in [-0.2, 0) is 6.54 Å². The highest BCUT2D eigenvalue weighted by Crippen LogP contribution is 2.16. The van der Waals surface area contributed by atoms with Gasteiger partial charge < -0.3 is 10.4 Å². The predicted molar refractivity (Wildman–Crippen MR) is 91.1 cm³/mol. The maximum atomic E-state index is 12.2. The first kappa shape index (κ1) is 16.4. The number of benzene rings is 2. The lowest BCUT2D eigenvalue weighted by molar-refractivity contribution is 0.0696. The van der Waals surface area contributed by atoms with Crippen molar-refractivity contribution < 1.29 is 14.7 Å². The Morgan fingerprint density at radius 2 is 1.84 bits per heavy atom. The van der Waals surface area contributed by atoms with E-state index in [1.807, 2.05) is 31.2 Å². The van der Waals surface area contributed by atoms with Crippen LogP contribution >= 0.6 is 0 Å². The molecule has 0 aliphatic heterocycles. The van der Waals surface area contributed by atoms with Crippen LogP contribution in [0.4, 0.5) is 0 Å². The Kier molecular flexibility index (Phi) is 4.56. The number of hydrogen-bond acceptors (Lipinski definition) is 4. The largest absolute Gasteiger partial charge is 0.478 e. The van der Waals surface area contributed by atoms with Crippen LogP contribution < -0.4 is 5.32 Å². The van der Waals surface area contributed by atoms with Crippen LogP contribution in [0.1, 0.15) is 32.1 Å². The first-order valence-corrected chi connectivity index (χ1v) is 7.63. The zero-order valence-corrected chi connectivity index (χ0v) is 13.5. The summed E-state index contributed by atoms with van der Waals surface area (Å²) in [5.41, 5.74) is 2.33. The second kappa shape index (κ2) is 6.96. The molecule has 3 N–H and O–H groups in total. The molecule has 0 aliphatic rings. The molecule has 0 fully saturated rings. The number of aromatic nitrogens is 3. The van der Waals surface area contributed by atoms with Crippen molar-refractivity contribution in [3.05, 3.63) is 71.0 Å². The minimum Gasteiger partial charge on any atom is -0.478 e. The SMILES string of the molecule is Cc1nc(-c2cccc(CNC(=O)c3ccc(C(=O)O)cc3)c2)n[nH]1. The number of nitrogens with one attached hydrogen (secondary N) is 2. The van der Waals surface area contributed by atoms with Crippen LogP contribution in [0.5, 0.6) is 0 Å². The second-order valence-corrected chi connectivity index (χ2v) is 5.51. The molecule has 0 atom stereocenters. The molecular weight excluding hydrogens is 320 g/mol. The average molecular weight is 336 g/mol. The van der Waals surface area contributed by atoms with Gasteiger partial charge in [-0.3, -0.25) is 9.89 Å². The molecule has 0 saturated heterocycles. The van der Waals surface area contributed by atoms with E-state index in [4.69, 9.17) is 5.11 Å². The van der Waals surface area contributed by atoms with Gasteiger partial charge in [0.25, 0.3) is 5.91 Å². The van der Waals surface area contributed by atoms with E-state index in [-0.39, 0.29) is 11.5 Å². The summed E-state index contributed by atoms with van der Waals surface area (Å²) in [6.07, 6.45) is 0. The lowest BCUT2D eigenvalue weighted by atomic mass is 10.1. The van der Waals surface area contributed by atoms with Crippen LogP contribution in [0, 0.1) is 6.92 Å². The van der Waals surface area contributed by atoms with Gasteiger partial charge in [0.1, 0.15) is 5.82 Å². The first-order chi connectivity index (χ1) is 12.0. The summed E-state index contributed by atoms with van der Waals surface area (Å²) in [5.74, 6) is 0.0514. The van der Waals surface area contributed by atoms with E-state index in [9.17, 15) is 9.59 Å². The van der Waals surface area contributed by atoms with Gasteiger partial charge in [0, 0.05) is 17.7 Å². The minimum absolute atomic E-state index is 0.144. The highest BCUT2D eigenvalue weighted by Gasteiger charge is 2.09. The van der Waals surface area contributed by atoms with Crippen LogP contribution in [0.15, 0.2) is 48.5 Å². The highest BCUT2D eigenvalue weighted by atomic mass is 16.4. The zero-order chi connectivity index (χ0) is 17.8. The van der Waals surface area contributed by atoms with E-state index in [1.165, 1.54) is 24.3 Å². The number of hydrogen-bond donors (Lipinski definition) is 3. The number of aromatic amines is 1. The van der Waals surface area contributed by atoms with Crippen molar-refractivity contribution in [2.45, 2.75) is 13.5 Å². The quantitative estimate of drug-likeness (QED) is 0.663. The fourth-order valence-electron chi connectivity index (χ4n) is 2.34. The molecule has 0 spiro atoms. The lowest BCUT2D eigenvalue weighted by Gasteiger charge is -2.07. The normalized spacial score (nSPS) is 10.4. The number of carboxylic acids is 1. The second-order valence-electron chi connectivity index (χ2n) is 5.51. The molecule has 0 aliphatic carbocycles. The number of aryl methyl sites for hydroxylation is 1. The third-order valence-corrected chi connectivity index (χ3v) is 3.63. The molecule has 3 aromatic rings. The number of H-pyrrole nitrogens is 1. The first-order valence-electron chi connectivity index (χ1n) is 7.63. The molecule has 1 aromatic heterocycles. The van der Waals surface area contributed by atoms with Crippen LogP contribution in [-0.4, -0.2) is 32.2 Å². The third kappa shape index (κ3) is 3.89. The van der Waals surface area contributed by atoms with Crippen molar-refractivity contribution in [2.24, 2.45) is 0 Å². The molecule has 0 radical (unpaired) electrons. The fourth-order valence-corrected chi connectivity index (χ4v) is 2.34. The van der Waals surface area contributed by atoms with E-state index in [0.717, 1.165) is 17.0 Å². The molecule has 3 rings (SSSR count). The van der Waals surface area contributed by atoms with E-state index in [2.05, 4.69) is 20.5 Å². The maximum Gasteiger partial charge on any atom is 0.335 e. The van der Waals surface area contributed by atoms with Crippen molar-refractivity contribution in [1.82, 2.24) is 20.5 Å². The number of nitrogens with zero attached hydrogens (tertiary/aromatic N) is 2. The number of carbonyl (C=O) groups is 2. The van der Waals surface area contributed by atoms with Gasteiger partial charge >= 0.3 is 5.97 Å². The van der Waals surface area contributed by atoms with Gasteiger partial charge in [-0.2, -0.15) is 5.10 Å². The summed E-state index contributed by atoms with van der Waals surface area (Å²) in [4.78, 5) is 27.3. The molecule has 7 heteroatoms. The summed E-state index contributed by atoms with van der Waals surface area (Å²) >= 11 is 0. The molecule has 0 saturated carbocycles. The van der Waals surface area contributed by atoms with Gasteiger partial charge in [-0.05, 0) is 42.8 Å². The van der Waals surface area contributed by atoms with Gasteiger partial charge in [0.05, 0.1) is 5.56 Å². The van der Waals surface area contributed by atoms with Gasteiger partial charge in [-0.25, -0.2) is 9.78 Å². The third-order valence-electron chi connectivity index (χ3n) is 3.63. The number of carboxylic acid groups (broad SMARTS) is 1. The van der Waals surface area contributed by atoms with Gasteiger partial charge in [-0.1, -0.05) is 18.2 Å². The van der Waals surface area contributed by atoms with Crippen molar-refractivity contribution in [3.8, 4) is 11.4 Å². The molecule has 25 heavy (non-hydrogen) atoms. The van der Waals surface area contributed by atoms with Crippen molar-refractivity contribution in [1.29, 1.82) is 0 Å². The summed E-state index contributed by atoms with van der Waals surface area (Å²) in [7, 11) is 0. The number of aromatic carboxylic acids is 1. The van der Waals surface area contributed by atoms with Crippen molar-refractivity contribution in [2.75, 3.05) is 0 Å². The number of amides is 1. The zero-order valence-electron chi connectivity index (χ0n) is 13.5. The number of carbonyl (C=O) groups excluding carboxylic acids is 1. The molecular formula is C18H16N4O3. The molecule has 126 valence electrons. The Morgan fingerprint density at radius 3 is 2.48 bits per heavy atom. The Hall–Kier alpha value is -3.48. The molecule has 2 aromatic carbocycles. The summed E-state index contributed by atoms with van der Waals surface area (Å²) in [5, 5.41) is 18.6. The summed E-state index contributed by atoms with van der Waals surface area (Å²) < 4.78 is 0. The van der Waals surface area contributed by atoms with E-state index in [0.29, 0.717) is 17.9 Å². The van der Waals surface area contributed by atoms with E-state index >= 15 is 0 Å². The van der Waals surface area contributed by atoms with Crippen LogP contribution in [0.2, 0.25) is 0 Å². The highest BCUT2D eigenvalue weighted by molar-refractivity contribution is 5.95. The molecule has 1 amide bonds. The smallest absolute Gasteiger partial charge is 0.335 e. The molecule has 0 unspecified atom stereocenters. The van der Waals surface area contributed by atoms with Gasteiger partial charge in [-0.15, -0.1) is 0 Å². The van der Waals surface area contributed by atoms with Crippen LogP contribution in [0.3, 0.4) is 0 Å². The Morgan fingerprint density at radius 1 is 1.12 bits per heavy atom. The monoisotopic (exact) mass is 336 g/mol. The van der Waals surface area contributed by atoms with E-state index in [1.54, 1.807) is 0 Å². The summed E-state index contributed by atoms with van der Waals surface area (Å²) in [6, 6.07) is 13.4. The van der Waals surface area contributed by atoms with E-state index < -0.39 is 5.97 Å². The molecule has 1 heterocycles. The average Bonchev–Trinajstić information content (AvgIpc) is 3.06. The Bertz CT molecular complexity index is 916. The maximum absolute atomic E-state index is 12.2. The molecule has 7 nitrogen and oxygen atoms in total. The Labute approximate surface area is 143 Å².